The van der Waals surface area contributed by atoms with E-state index < -0.39 is 5.97 Å². The molecule has 0 aliphatic heterocycles. The fraction of sp³-hybridized carbons (Fsp3) is 0.158. The molecule has 0 spiro atoms. The van der Waals surface area contributed by atoms with Crippen molar-refractivity contribution in [2.24, 2.45) is 0 Å². The minimum atomic E-state index is -0.928. The first-order chi connectivity index (χ1) is 11.0. The summed E-state index contributed by atoms with van der Waals surface area (Å²) in [4.78, 5) is 11.6. The molecule has 1 heterocycles. The maximum atomic E-state index is 11.6. The van der Waals surface area contributed by atoms with E-state index in [-0.39, 0.29) is 0 Å². The van der Waals surface area contributed by atoms with Crippen LogP contribution in [0.15, 0.2) is 48.5 Å². The molecule has 3 aromatic rings. The summed E-state index contributed by atoms with van der Waals surface area (Å²) in [5, 5.41) is 14.1. The smallest absolute Gasteiger partial charge is 0.336 e. The molecule has 0 atom stereocenters. The van der Waals surface area contributed by atoms with Gasteiger partial charge in [-0.15, -0.1) is 0 Å². The fourth-order valence-corrected chi connectivity index (χ4v) is 2.81. The molecule has 23 heavy (non-hydrogen) atoms. The zero-order valence-electron chi connectivity index (χ0n) is 13.4. The predicted octanol–water partition coefficient (Wildman–Crippen LogP) is 4.16. The van der Waals surface area contributed by atoms with Crippen LogP contribution in [0.5, 0.6) is 0 Å². The lowest BCUT2D eigenvalue weighted by Crippen LogP contribution is -2.08. The second-order valence-corrected chi connectivity index (χ2v) is 5.68. The van der Waals surface area contributed by atoms with Gasteiger partial charge in [-0.1, -0.05) is 30.3 Å². The second-order valence-electron chi connectivity index (χ2n) is 5.68. The number of carboxylic acids is 1. The topological polar surface area (TPSA) is 55.1 Å². The number of aromatic carboxylic acids is 1. The number of benzene rings is 2. The van der Waals surface area contributed by atoms with E-state index in [9.17, 15) is 9.90 Å². The summed E-state index contributed by atoms with van der Waals surface area (Å²) in [5.41, 5.74) is 5.55. The highest BCUT2D eigenvalue weighted by atomic mass is 16.4. The van der Waals surface area contributed by atoms with Crippen LogP contribution in [0.25, 0.3) is 16.8 Å². The number of carbonyl (C=O) groups is 1. The molecule has 0 aliphatic rings. The molecule has 0 bridgehead atoms. The van der Waals surface area contributed by atoms with Crippen LogP contribution in [0.3, 0.4) is 0 Å². The Balaban J connectivity index is 2.29. The summed E-state index contributed by atoms with van der Waals surface area (Å²) in [7, 11) is 0. The first kappa shape index (κ1) is 15.0. The third-order valence-corrected chi connectivity index (χ3v) is 3.96. The molecule has 0 saturated carbocycles. The van der Waals surface area contributed by atoms with Crippen LogP contribution in [0.2, 0.25) is 0 Å². The van der Waals surface area contributed by atoms with E-state index in [1.165, 1.54) is 0 Å². The van der Waals surface area contributed by atoms with Gasteiger partial charge in [-0.3, -0.25) is 0 Å². The Labute approximate surface area is 135 Å². The summed E-state index contributed by atoms with van der Waals surface area (Å²) in [5.74, 6) is -0.928. The van der Waals surface area contributed by atoms with Crippen molar-refractivity contribution in [3.05, 3.63) is 71.0 Å². The zero-order chi connectivity index (χ0) is 16.6. The number of carboxylic acid groups (broad SMARTS) is 1. The molecule has 0 radical (unpaired) electrons. The van der Waals surface area contributed by atoms with Crippen molar-refractivity contribution < 1.29 is 9.90 Å². The van der Waals surface area contributed by atoms with Gasteiger partial charge in [0.15, 0.2) is 0 Å². The lowest BCUT2D eigenvalue weighted by molar-refractivity contribution is 0.0696. The average Bonchev–Trinajstić information content (AvgIpc) is 2.86. The van der Waals surface area contributed by atoms with E-state index in [1.54, 1.807) is 6.07 Å². The van der Waals surface area contributed by atoms with Crippen molar-refractivity contribution in [1.29, 1.82) is 0 Å². The van der Waals surface area contributed by atoms with E-state index in [2.05, 4.69) is 5.10 Å². The maximum Gasteiger partial charge on any atom is 0.336 e. The van der Waals surface area contributed by atoms with Crippen molar-refractivity contribution in [2.75, 3.05) is 0 Å². The average molecular weight is 306 g/mol. The van der Waals surface area contributed by atoms with E-state index in [4.69, 9.17) is 0 Å². The van der Waals surface area contributed by atoms with Crippen molar-refractivity contribution in [3.63, 3.8) is 0 Å². The molecule has 1 aromatic heterocycles. The van der Waals surface area contributed by atoms with E-state index in [0.29, 0.717) is 11.1 Å². The number of aryl methyl sites for hydroxylation is 2. The first-order valence-electron chi connectivity index (χ1n) is 7.44. The second kappa shape index (κ2) is 5.72. The van der Waals surface area contributed by atoms with Crippen LogP contribution >= 0.6 is 0 Å². The number of nitrogens with zero attached hydrogens (tertiary/aromatic N) is 2. The van der Waals surface area contributed by atoms with Gasteiger partial charge in [0.05, 0.1) is 16.9 Å². The van der Waals surface area contributed by atoms with Crippen LogP contribution in [-0.2, 0) is 0 Å². The van der Waals surface area contributed by atoms with Gasteiger partial charge in [0.1, 0.15) is 0 Å². The third-order valence-electron chi connectivity index (χ3n) is 3.96. The Hall–Kier alpha value is -2.88. The SMILES string of the molecule is Cc1cc(C)n(-c2cc(-c3ccccc3)cc(C(=O)O)c2C)n1. The summed E-state index contributed by atoms with van der Waals surface area (Å²) in [6.45, 7) is 5.72. The molecule has 0 saturated heterocycles. The summed E-state index contributed by atoms with van der Waals surface area (Å²) in [6, 6.07) is 15.5. The van der Waals surface area contributed by atoms with E-state index in [0.717, 1.165) is 28.2 Å². The Morgan fingerprint density at radius 2 is 1.70 bits per heavy atom. The summed E-state index contributed by atoms with van der Waals surface area (Å²) < 4.78 is 1.81. The van der Waals surface area contributed by atoms with Crippen LogP contribution in [-0.4, -0.2) is 20.9 Å². The zero-order valence-corrected chi connectivity index (χ0v) is 13.4. The van der Waals surface area contributed by atoms with E-state index >= 15 is 0 Å². The molecule has 0 aliphatic carbocycles. The quantitative estimate of drug-likeness (QED) is 0.790. The van der Waals surface area contributed by atoms with Gasteiger partial charge in [0, 0.05) is 5.69 Å². The molecule has 0 fully saturated rings. The molecule has 3 rings (SSSR count). The highest BCUT2D eigenvalue weighted by Crippen LogP contribution is 2.28. The lowest BCUT2D eigenvalue weighted by atomic mass is 9.98. The molecule has 0 amide bonds. The number of hydrogen-bond acceptors (Lipinski definition) is 2. The molecule has 4 heteroatoms. The largest absolute Gasteiger partial charge is 0.478 e. The van der Waals surface area contributed by atoms with Gasteiger partial charge in [-0.05, 0) is 55.7 Å². The van der Waals surface area contributed by atoms with Gasteiger partial charge in [0.2, 0.25) is 0 Å². The number of hydrogen-bond donors (Lipinski definition) is 1. The van der Waals surface area contributed by atoms with Crippen LogP contribution in [0.4, 0.5) is 0 Å². The molecular formula is C19H18N2O2. The minimum absolute atomic E-state index is 0.300. The van der Waals surface area contributed by atoms with Gasteiger partial charge in [-0.2, -0.15) is 5.10 Å². The van der Waals surface area contributed by atoms with Crippen molar-refractivity contribution in [3.8, 4) is 16.8 Å². The van der Waals surface area contributed by atoms with Gasteiger partial charge < -0.3 is 5.11 Å². The van der Waals surface area contributed by atoms with Gasteiger partial charge in [-0.25, -0.2) is 9.48 Å². The van der Waals surface area contributed by atoms with Crippen molar-refractivity contribution in [1.82, 2.24) is 9.78 Å². The fourth-order valence-electron chi connectivity index (χ4n) is 2.81. The van der Waals surface area contributed by atoms with Gasteiger partial charge in [0.25, 0.3) is 0 Å². The molecule has 0 unspecified atom stereocenters. The number of rotatable bonds is 3. The predicted molar refractivity (Wildman–Crippen MR) is 90.2 cm³/mol. The number of aromatic nitrogens is 2. The summed E-state index contributed by atoms with van der Waals surface area (Å²) in [6.07, 6.45) is 0. The third kappa shape index (κ3) is 2.75. The van der Waals surface area contributed by atoms with E-state index in [1.807, 2.05) is 67.9 Å². The van der Waals surface area contributed by atoms with Crippen molar-refractivity contribution in [2.45, 2.75) is 20.8 Å². The molecule has 2 aromatic carbocycles. The van der Waals surface area contributed by atoms with Crippen LogP contribution in [0, 0.1) is 20.8 Å². The lowest BCUT2D eigenvalue weighted by Gasteiger charge is -2.14. The van der Waals surface area contributed by atoms with Crippen LogP contribution < -0.4 is 0 Å². The standard InChI is InChI=1S/C19H18N2O2/c1-12-9-13(2)21(20-12)18-11-16(15-7-5-4-6-8-15)10-17(14(18)3)19(22)23/h4-11H,1-3H3,(H,22,23). The monoisotopic (exact) mass is 306 g/mol. The normalized spacial score (nSPS) is 10.7. The highest BCUT2D eigenvalue weighted by Gasteiger charge is 2.16. The molecule has 116 valence electrons. The first-order valence-corrected chi connectivity index (χ1v) is 7.44. The Bertz CT molecular complexity index is 880. The Morgan fingerprint density at radius 3 is 2.26 bits per heavy atom. The minimum Gasteiger partial charge on any atom is -0.478 e. The van der Waals surface area contributed by atoms with Gasteiger partial charge >= 0.3 is 5.97 Å². The summed E-state index contributed by atoms with van der Waals surface area (Å²) >= 11 is 0. The molecular weight excluding hydrogens is 288 g/mol. The Morgan fingerprint density at radius 1 is 1.00 bits per heavy atom. The van der Waals surface area contributed by atoms with Crippen LogP contribution in [0.1, 0.15) is 27.3 Å². The maximum absolute atomic E-state index is 11.6. The molecule has 1 N–H and O–H groups in total. The Kier molecular flexibility index (Phi) is 3.74. The highest BCUT2D eigenvalue weighted by molar-refractivity contribution is 5.92. The van der Waals surface area contributed by atoms with Crippen molar-refractivity contribution >= 4 is 5.97 Å². The molecule has 4 nitrogen and oxygen atoms in total.